The second-order valence-corrected chi connectivity index (χ2v) is 7.83. The Morgan fingerprint density at radius 1 is 1.04 bits per heavy atom. The average molecular weight is 383 g/mol. The number of amides is 2. The zero-order chi connectivity index (χ0) is 18.8. The summed E-state index contributed by atoms with van der Waals surface area (Å²) in [6, 6.07) is 15.9. The summed E-state index contributed by atoms with van der Waals surface area (Å²) in [5, 5.41) is 3.68. The van der Waals surface area contributed by atoms with E-state index in [4.69, 9.17) is 11.6 Å². The number of nitrogens with one attached hydrogen (secondary N) is 1. The second-order valence-electron chi connectivity index (χ2n) is 7.39. The van der Waals surface area contributed by atoms with Crippen LogP contribution >= 0.6 is 11.6 Å². The third-order valence-electron chi connectivity index (χ3n) is 5.51. The van der Waals surface area contributed by atoms with Gasteiger partial charge in [0.2, 0.25) is 11.8 Å². The Labute approximate surface area is 164 Å². The maximum absolute atomic E-state index is 12.7. The highest BCUT2D eigenvalue weighted by atomic mass is 35.5. The zero-order valence-electron chi connectivity index (χ0n) is 15.2. The molecule has 2 atom stereocenters. The van der Waals surface area contributed by atoms with Crippen LogP contribution in [0.3, 0.4) is 0 Å². The van der Waals surface area contributed by atoms with E-state index in [-0.39, 0.29) is 23.7 Å². The molecule has 0 saturated heterocycles. The molecule has 4 nitrogen and oxygen atoms in total. The van der Waals surface area contributed by atoms with Gasteiger partial charge in [-0.3, -0.25) is 9.59 Å². The summed E-state index contributed by atoms with van der Waals surface area (Å²) in [6.07, 6.45) is 2.33. The standard InChI is InChI=1S/C22H23ClN2O2/c23-18-7-5-15(6-8-18)9-11-24-21(26)19-13-20(19)22(27)25-12-10-16-3-1-2-4-17(16)14-25/h1-8,19-20H,9-14H2,(H,24,26). The van der Waals surface area contributed by atoms with Crippen LogP contribution in [0.1, 0.15) is 23.1 Å². The number of halogens is 1. The van der Waals surface area contributed by atoms with E-state index in [9.17, 15) is 9.59 Å². The van der Waals surface area contributed by atoms with Crippen molar-refractivity contribution in [2.75, 3.05) is 13.1 Å². The first-order chi connectivity index (χ1) is 13.1. The van der Waals surface area contributed by atoms with E-state index in [0.717, 1.165) is 24.9 Å². The molecule has 1 aliphatic carbocycles. The number of carbonyl (C=O) groups excluding carboxylic acids is 2. The molecule has 1 aliphatic heterocycles. The normalized spacial score (nSPS) is 20.7. The fraction of sp³-hybridized carbons (Fsp3) is 0.364. The molecular weight excluding hydrogens is 360 g/mol. The molecule has 2 aromatic carbocycles. The molecule has 5 heteroatoms. The van der Waals surface area contributed by atoms with E-state index in [1.807, 2.05) is 41.3 Å². The Morgan fingerprint density at radius 2 is 1.78 bits per heavy atom. The lowest BCUT2D eigenvalue weighted by Crippen LogP contribution is -2.38. The molecule has 0 bridgehead atoms. The number of rotatable bonds is 5. The first kappa shape index (κ1) is 18.1. The molecule has 0 radical (unpaired) electrons. The monoisotopic (exact) mass is 382 g/mol. The van der Waals surface area contributed by atoms with Crippen molar-refractivity contribution in [1.29, 1.82) is 0 Å². The lowest BCUT2D eigenvalue weighted by Gasteiger charge is -2.29. The van der Waals surface area contributed by atoms with Gasteiger partial charge in [-0.15, -0.1) is 0 Å². The van der Waals surface area contributed by atoms with Crippen LogP contribution in [-0.4, -0.2) is 29.8 Å². The van der Waals surface area contributed by atoms with E-state index in [0.29, 0.717) is 24.5 Å². The lowest BCUT2D eigenvalue weighted by atomic mass is 9.99. The van der Waals surface area contributed by atoms with Crippen LogP contribution < -0.4 is 5.32 Å². The van der Waals surface area contributed by atoms with E-state index >= 15 is 0 Å². The van der Waals surface area contributed by atoms with Crippen molar-refractivity contribution in [3.63, 3.8) is 0 Å². The van der Waals surface area contributed by atoms with Crippen molar-refractivity contribution < 1.29 is 9.59 Å². The zero-order valence-corrected chi connectivity index (χ0v) is 15.9. The quantitative estimate of drug-likeness (QED) is 0.863. The summed E-state index contributed by atoms with van der Waals surface area (Å²) in [4.78, 5) is 27.0. The minimum Gasteiger partial charge on any atom is -0.356 e. The van der Waals surface area contributed by atoms with Crippen LogP contribution in [0.4, 0.5) is 0 Å². The van der Waals surface area contributed by atoms with Crippen molar-refractivity contribution in [2.45, 2.75) is 25.8 Å². The van der Waals surface area contributed by atoms with Crippen molar-refractivity contribution in [3.05, 3.63) is 70.2 Å². The van der Waals surface area contributed by atoms with Gasteiger partial charge in [0.05, 0.1) is 11.8 Å². The van der Waals surface area contributed by atoms with Gasteiger partial charge in [0, 0.05) is 24.7 Å². The van der Waals surface area contributed by atoms with E-state index in [1.165, 1.54) is 11.1 Å². The molecule has 2 amide bonds. The number of hydrogen-bond acceptors (Lipinski definition) is 2. The minimum atomic E-state index is -0.167. The Hall–Kier alpha value is -2.33. The summed E-state index contributed by atoms with van der Waals surface area (Å²) in [7, 11) is 0. The van der Waals surface area contributed by atoms with Gasteiger partial charge >= 0.3 is 0 Å². The van der Waals surface area contributed by atoms with Crippen LogP contribution in [0, 0.1) is 11.8 Å². The molecule has 0 aromatic heterocycles. The Balaban J connectivity index is 1.24. The van der Waals surface area contributed by atoms with Crippen LogP contribution in [0.25, 0.3) is 0 Å². The summed E-state index contributed by atoms with van der Waals surface area (Å²) in [5.41, 5.74) is 3.69. The minimum absolute atomic E-state index is 0.000256. The van der Waals surface area contributed by atoms with Crippen LogP contribution in [-0.2, 0) is 29.0 Å². The fourth-order valence-electron chi connectivity index (χ4n) is 3.79. The SMILES string of the molecule is O=C(NCCc1ccc(Cl)cc1)C1CC1C(=O)N1CCc2ccccc2C1. The van der Waals surface area contributed by atoms with Crippen molar-refractivity contribution in [2.24, 2.45) is 11.8 Å². The first-order valence-electron chi connectivity index (χ1n) is 9.49. The fourth-order valence-corrected chi connectivity index (χ4v) is 3.91. The highest BCUT2D eigenvalue weighted by Crippen LogP contribution is 2.40. The molecule has 2 unspecified atom stereocenters. The van der Waals surface area contributed by atoms with Crippen LogP contribution in [0.15, 0.2) is 48.5 Å². The molecule has 27 heavy (non-hydrogen) atoms. The molecule has 1 N–H and O–H groups in total. The number of fused-ring (bicyclic) bond motifs is 1. The van der Waals surface area contributed by atoms with Crippen molar-refractivity contribution >= 4 is 23.4 Å². The van der Waals surface area contributed by atoms with Crippen molar-refractivity contribution in [3.8, 4) is 0 Å². The highest BCUT2D eigenvalue weighted by Gasteiger charge is 2.49. The molecule has 1 heterocycles. The van der Waals surface area contributed by atoms with Gasteiger partial charge in [0.15, 0.2) is 0 Å². The summed E-state index contributed by atoms with van der Waals surface area (Å²) < 4.78 is 0. The van der Waals surface area contributed by atoms with Gasteiger partial charge in [-0.1, -0.05) is 48.0 Å². The predicted octanol–water partition coefficient (Wildman–Crippen LogP) is 3.22. The largest absolute Gasteiger partial charge is 0.356 e. The third kappa shape index (κ3) is 4.16. The van der Waals surface area contributed by atoms with Crippen LogP contribution in [0.2, 0.25) is 5.02 Å². The molecule has 4 rings (SSSR count). The van der Waals surface area contributed by atoms with Gasteiger partial charge < -0.3 is 10.2 Å². The number of benzene rings is 2. The topological polar surface area (TPSA) is 49.4 Å². The Bertz CT molecular complexity index is 850. The summed E-state index contributed by atoms with van der Waals surface area (Å²) in [6.45, 7) is 1.99. The summed E-state index contributed by atoms with van der Waals surface area (Å²) >= 11 is 5.88. The molecule has 0 spiro atoms. The van der Waals surface area contributed by atoms with E-state index in [1.54, 1.807) is 0 Å². The number of nitrogens with zero attached hydrogens (tertiary/aromatic N) is 1. The van der Waals surface area contributed by atoms with Crippen molar-refractivity contribution in [1.82, 2.24) is 10.2 Å². The molecular formula is C22H23ClN2O2. The predicted molar refractivity (Wildman–Crippen MR) is 105 cm³/mol. The number of carbonyl (C=O) groups is 2. The van der Waals surface area contributed by atoms with Gasteiger partial charge in [-0.25, -0.2) is 0 Å². The Morgan fingerprint density at radius 3 is 2.56 bits per heavy atom. The molecule has 2 aromatic rings. The average Bonchev–Trinajstić information content (AvgIpc) is 3.49. The van der Waals surface area contributed by atoms with Gasteiger partial charge in [0.25, 0.3) is 0 Å². The van der Waals surface area contributed by atoms with E-state index in [2.05, 4.69) is 17.4 Å². The smallest absolute Gasteiger partial charge is 0.226 e. The summed E-state index contributed by atoms with van der Waals surface area (Å²) in [5.74, 6) is -0.187. The van der Waals surface area contributed by atoms with Gasteiger partial charge in [0.1, 0.15) is 0 Å². The number of hydrogen-bond donors (Lipinski definition) is 1. The Kier molecular flexibility index (Phi) is 5.17. The maximum Gasteiger partial charge on any atom is 0.226 e. The van der Waals surface area contributed by atoms with E-state index < -0.39 is 0 Å². The molecule has 2 aliphatic rings. The molecule has 1 fully saturated rings. The maximum atomic E-state index is 12.7. The molecule has 1 saturated carbocycles. The molecule has 140 valence electrons. The third-order valence-corrected chi connectivity index (χ3v) is 5.76. The van der Waals surface area contributed by atoms with Crippen LogP contribution in [0.5, 0.6) is 0 Å². The first-order valence-corrected chi connectivity index (χ1v) is 9.87. The lowest BCUT2D eigenvalue weighted by molar-refractivity contribution is -0.135. The van der Waals surface area contributed by atoms with Gasteiger partial charge in [-0.05, 0) is 48.1 Å². The van der Waals surface area contributed by atoms with Gasteiger partial charge in [-0.2, -0.15) is 0 Å². The second kappa shape index (κ2) is 7.73. The highest BCUT2D eigenvalue weighted by molar-refractivity contribution is 6.30.